The lowest BCUT2D eigenvalue weighted by atomic mass is 10.1. The average Bonchev–Trinajstić information content (AvgIpc) is 3.29. The smallest absolute Gasteiger partial charge is 0.263 e. The number of anilines is 2. The zero-order valence-electron chi connectivity index (χ0n) is 16.4. The van der Waals surface area contributed by atoms with Gasteiger partial charge in [0, 0.05) is 31.1 Å². The Morgan fingerprint density at radius 3 is 2.72 bits per heavy atom. The number of hydrogen-bond donors (Lipinski definition) is 3. The quantitative estimate of drug-likeness (QED) is 0.635. The summed E-state index contributed by atoms with van der Waals surface area (Å²) in [4.78, 5) is 28.0. The SMILES string of the molecule is O=c1[nH]c(N2CCCC2)nc(N[C@@H]2CCCNC2)c1-c1ccc2ccccc2n1. The summed E-state index contributed by atoms with van der Waals surface area (Å²) in [5, 5.41) is 8.02. The highest BCUT2D eigenvalue weighted by Crippen LogP contribution is 2.27. The summed E-state index contributed by atoms with van der Waals surface area (Å²) in [7, 11) is 0. The molecule has 5 rings (SSSR count). The molecule has 0 radical (unpaired) electrons. The van der Waals surface area contributed by atoms with Crippen LogP contribution < -0.4 is 21.1 Å². The normalized spacial score (nSPS) is 19.6. The molecule has 150 valence electrons. The van der Waals surface area contributed by atoms with Gasteiger partial charge < -0.3 is 15.5 Å². The Balaban J connectivity index is 1.60. The molecule has 2 fully saturated rings. The van der Waals surface area contributed by atoms with Crippen LogP contribution in [0.25, 0.3) is 22.2 Å². The second-order valence-electron chi connectivity index (χ2n) is 7.88. The maximum absolute atomic E-state index is 13.2. The molecule has 2 aromatic heterocycles. The molecule has 0 amide bonds. The second kappa shape index (κ2) is 7.83. The fourth-order valence-corrected chi connectivity index (χ4v) is 4.26. The number of benzene rings is 1. The third-order valence-corrected chi connectivity index (χ3v) is 5.80. The minimum Gasteiger partial charge on any atom is -0.365 e. The van der Waals surface area contributed by atoms with Crippen molar-refractivity contribution in [3.8, 4) is 11.3 Å². The first kappa shape index (κ1) is 18.1. The van der Waals surface area contributed by atoms with Gasteiger partial charge in [-0.25, -0.2) is 4.98 Å². The number of nitrogens with one attached hydrogen (secondary N) is 3. The van der Waals surface area contributed by atoms with E-state index >= 15 is 0 Å². The van der Waals surface area contributed by atoms with Crippen LogP contribution in [0.4, 0.5) is 11.8 Å². The van der Waals surface area contributed by atoms with Crippen molar-refractivity contribution in [2.75, 3.05) is 36.4 Å². The van der Waals surface area contributed by atoms with E-state index in [0.29, 0.717) is 23.0 Å². The van der Waals surface area contributed by atoms with Crippen molar-refractivity contribution < 1.29 is 0 Å². The average molecular weight is 390 g/mol. The topological polar surface area (TPSA) is 85.9 Å². The number of aromatic nitrogens is 3. The number of H-pyrrole nitrogens is 1. The number of nitrogens with zero attached hydrogens (tertiary/aromatic N) is 3. The first-order valence-corrected chi connectivity index (χ1v) is 10.5. The van der Waals surface area contributed by atoms with Crippen LogP contribution in [0.2, 0.25) is 0 Å². The van der Waals surface area contributed by atoms with Gasteiger partial charge in [-0.2, -0.15) is 4.98 Å². The maximum atomic E-state index is 13.2. The van der Waals surface area contributed by atoms with E-state index in [1.165, 1.54) is 0 Å². The lowest BCUT2D eigenvalue weighted by Gasteiger charge is -2.26. The van der Waals surface area contributed by atoms with Crippen LogP contribution in [0, 0.1) is 0 Å². The Morgan fingerprint density at radius 2 is 1.90 bits per heavy atom. The van der Waals surface area contributed by atoms with E-state index < -0.39 is 0 Å². The van der Waals surface area contributed by atoms with Crippen LogP contribution in [0.5, 0.6) is 0 Å². The molecule has 4 heterocycles. The highest BCUT2D eigenvalue weighted by molar-refractivity contribution is 5.83. The Kier molecular flexibility index (Phi) is 4.89. The van der Waals surface area contributed by atoms with Gasteiger partial charge in [0.25, 0.3) is 5.56 Å². The first-order chi connectivity index (χ1) is 14.3. The molecule has 7 nitrogen and oxygen atoms in total. The molecular weight excluding hydrogens is 364 g/mol. The summed E-state index contributed by atoms with van der Waals surface area (Å²) >= 11 is 0. The van der Waals surface area contributed by atoms with Crippen molar-refractivity contribution in [2.45, 2.75) is 31.7 Å². The molecule has 0 unspecified atom stereocenters. The van der Waals surface area contributed by atoms with Gasteiger partial charge in [0.05, 0.1) is 11.2 Å². The van der Waals surface area contributed by atoms with Crippen molar-refractivity contribution in [1.29, 1.82) is 0 Å². The molecule has 0 bridgehead atoms. The Bertz CT molecular complexity index is 1070. The summed E-state index contributed by atoms with van der Waals surface area (Å²) in [5.41, 5.74) is 1.90. The standard InChI is InChI=1S/C22H26N6O/c29-21-19(18-10-9-15-6-1-2-8-17(15)25-18)20(24-16-7-5-11-23-14-16)26-22(27-21)28-12-3-4-13-28/h1-2,6,8-10,16,23H,3-5,7,11-14H2,(H2,24,26,27,29)/t16-/m1/s1. The molecule has 0 saturated carbocycles. The minimum absolute atomic E-state index is 0.143. The number of piperidine rings is 1. The summed E-state index contributed by atoms with van der Waals surface area (Å²) in [6, 6.07) is 12.1. The van der Waals surface area contributed by atoms with Crippen molar-refractivity contribution in [3.05, 3.63) is 46.8 Å². The summed E-state index contributed by atoms with van der Waals surface area (Å²) < 4.78 is 0. The molecule has 2 saturated heterocycles. The lowest BCUT2D eigenvalue weighted by Crippen LogP contribution is -2.39. The van der Waals surface area contributed by atoms with E-state index in [-0.39, 0.29) is 11.6 Å². The van der Waals surface area contributed by atoms with Crippen molar-refractivity contribution in [3.63, 3.8) is 0 Å². The fraction of sp³-hybridized carbons (Fsp3) is 0.409. The van der Waals surface area contributed by atoms with Gasteiger partial charge in [0.2, 0.25) is 5.95 Å². The van der Waals surface area contributed by atoms with Gasteiger partial charge in [0.15, 0.2) is 0 Å². The number of fused-ring (bicyclic) bond motifs is 1. The van der Waals surface area contributed by atoms with Gasteiger partial charge >= 0.3 is 0 Å². The van der Waals surface area contributed by atoms with Gasteiger partial charge in [-0.1, -0.05) is 24.3 Å². The molecule has 0 spiro atoms. The Labute approximate surface area is 169 Å². The molecule has 1 aromatic carbocycles. The van der Waals surface area contributed by atoms with Crippen LogP contribution in [-0.4, -0.2) is 47.2 Å². The van der Waals surface area contributed by atoms with Crippen LogP contribution in [0.1, 0.15) is 25.7 Å². The monoisotopic (exact) mass is 390 g/mol. The molecule has 2 aliphatic heterocycles. The third kappa shape index (κ3) is 3.70. The Hall–Kier alpha value is -2.93. The molecule has 1 atom stereocenters. The second-order valence-corrected chi connectivity index (χ2v) is 7.88. The van der Waals surface area contributed by atoms with Gasteiger partial charge in [0.1, 0.15) is 11.4 Å². The van der Waals surface area contributed by atoms with E-state index in [0.717, 1.165) is 62.8 Å². The summed E-state index contributed by atoms with van der Waals surface area (Å²) in [5.74, 6) is 1.29. The zero-order chi connectivity index (χ0) is 19.6. The highest BCUT2D eigenvalue weighted by Gasteiger charge is 2.22. The van der Waals surface area contributed by atoms with Crippen LogP contribution in [0.3, 0.4) is 0 Å². The number of para-hydroxylation sites is 1. The number of hydrogen-bond acceptors (Lipinski definition) is 6. The third-order valence-electron chi connectivity index (χ3n) is 5.80. The number of aromatic amines is 1. The fourth-order valence-electron chi connectivity index (χ4n) is 4.26. The first-order valence-electron chi connectivity index (χ1n) is 10.5. The molecule has 2 aliphatic rings. The molecular formula is C22H26N6O. The van der Waals surface area contributed by atoms with Gasteiger partial charge in [-0.15, -0.1) is 0 Å². The predicted octanol–water partition coefficient (Wildman–Crippen LogP) is 2.75. The van der Waals surface area contributed by atoms with E-state index in [9.17, 15) is 4.79 Å². The van der Waals surface area contributed by atoms with Gasteiger partial charge in [-0.3, -0.25) is 9.78 Å². The molecule has 29 heavy (non-hydrogen) atoms. The Morgan fingerprint density at radius 1 is 1.03 bits per heavy atom. The van der Waals surface area contributed by atoms with Gasteiger partial charge in [-0.05, 0) is 44.4 Å². The summed E-state index contributed by atoms with van der Waals surface area (Å²) in [6.07, 6.45) is 4.44. The minimum atomic E-state index is -0.143. The van der Waals surface area contributed by atoms with E-state index in [1.54, 1.807) is 0 Å². The zero-order valence-corrected chi connectivity index (χ0v) is 16.4. The maximum Gasteiger partial charge on any atom is 0.263 e. The van der Waals surface area contributed by atoms with Crippen molar-refractivity contribution >= 4 is 22.7 Å². The molecule has 3 N–H and O–H groups in total. The van der Waals surface area contributed by atoms with Crippen LogP contribution >= 0.6 is 0 Å². The van der Waals surface area contributed by atoms with Crippen LogP contribution in [-0.2, 0) is 0 Å². The van der Waals surface area contributed by atoms with Crippen molar-refractivity contribution in [2.24, 2.45) is 0 Å². The predicted molar refractivity (Wildman–Crippen MR) is 117 cm³/mol. The lowest BCUT2D eigenvalue weighted by molar-refractivity contribution is 0.479. The van der Waals surface area contributed by atoms with Crippen LogP contribution in [0.15, 0.2) is 41.2 Å². The largest absolute Gasteiger partial charge is 0.365 e. The highest BCUT2D eigenvalue weighted by atomic mass is 16.1. The van der Waals surface area contributed by atoms with E-state index in [1.807, 2.05) is 36.4 Å². The van der Waals surface area contributed by atoms with E-state index in [4.69, 9.17) is 9.97 Å². The number of rotatable bonds is 4. The summed E-state index contributed by atoms with van der Waals surface area (Å²) in [6.45, 7) is 3.78. The van der Waals surface area contributed by atoms with Crippen molar-refractivity contribution in [1.82, 2.24) is 20.3 Å². The van der Waals surface area contributed by atoms with E-state index in [2.05, 4.69) is 20.5 Å². The number of pyridine rings is 1. The molecule has 0 aliphatic carbocycles. The molecule has 3 aromatic rings. The molecule has 7 heteroatoms.